The Kier molecular flexibility index (Phi) is 6.63. The number of hydrogen-bond donors (Lipinski definition) is 2. The van der Waals surface area contributed by atoms with E-state index in [-0.39, 0.29) is 24.4 Å². The Labute approximate surface area is 119 Å². The molecule has 0 fully saturated rings. The van der Waals surface area contributed by atoms with Crippen LogP contribution < -0.4 is 10.6 Å². The minimum Gasteiger partial charge on any atom is -0.467 e. The fraction of sp³-hybridized carbons (Fsp3) is 0.571. The number of furan rings is 1. The van der Waals surface area contributed by atoms with Crippen molar-refractivity contribution in [3.05, 3.63) is 24.2 Å². The van der Waals surface area contributed by atoms with Gasteiger partial charge in [0.2, 0.25) is 5.91 Å². The smallest absolute Gasteiger partial charge is 0.317 e. The van der Waals surface area contributed by atoms with Crippen LogP contribution in [0.3, 0.4) is 0 Å². The molecule has 1 atom stereocenters. The van der Waals surface area contributed by atoms with E-state index >= 15 is 0 Å². The number of rotatable bonds is 7. The van der Waals surface area contributed by atoms with Crippen LogP contribution in [0, 0.1) is 0 Å². The number of hydrogen-bond acceptors (Lipinski definition) is 3. The summed E-state index contributed by atoms with van der Waals surface area (Å²) in [6, 6.07) is 3.23. The van der Waals surface area contributed by atoms with E-state index in [1.807, 2.05) is 19.9 Å². The van der Waals surface area contributed by atoms with Gasteiger partial charge >= 0.3 is 6.03 Å². The Morgan fingerprint density at radius 1 is 1.35 bits per heavy atom. The molecule has 6 heteroatoms. The fourth-order valence-electron chi connectivity index (χ4n) is 1.66. The molecule has 1 unspecified atom stereocenters. The van der Waals surface area contributed by atoms with Gasteiger partial charge in [-0.1, -0.05) is 6.92 Å². The summed E-state index contributed by atoms with van der Waals surface area (Å²) in [5.74, 6) is 0.678. The van der Waals surface area contributed by atoms with Crippen LogP contribution in [-0.2, 0) is 4.79 Å². The molecule has 2 N–H and O–H groups in total. The summed E-state index contributed by atoms with van der Waals surface area (Å²) < 4.78 is 5.27. The lowest BCUT2D eigenvalue weighted by molar-refractivity contribution is -0.120. The fourth-order valence-corrected chi connectivity index (χ4v) is 1.66. The van der Waals surface area contributed by atoms with Crippen molar-refractivity contribution in [3.63, 3.8) is 0 Å². The quantitative estimate of drug-likeness (QED) is 0.801. The Morgan fingerprint density at radius 3 is 2.70 bits per heavy atom. The molecule has 20 heavy (non-hydrogen) atoms. The zero-order chi connectivity index (χ0) is 15.0. The average Bonchev–Trinajstić information content (AvgIpc) is 2.97. The summed E-state index contributed by atoms with van der Waals surface area (Å²) in [7, 11) is 1.69. The van der Waals surface area contributed by atoms with Gasteiger partial charge in [0.05, 0.1) is 12.3 Å². The molecule has 1 aromatic rings. The SMILES string of the molecule is CCCNC(=O)CCNC(=O)N(C)C(C)c1ccco1. The number of carbonyl (C=O) groups is 2. The molecule has 3 amide bonds. The summed E-state index contributed by atoms with van der Waals surface area (Å²) in [5.41, 5.74) is 0. The first-order valence-electron chi connectivity index (χ1n) is 6.87. The summed E-state index contributed by atoms with van der Waals surface area (Å²) in [6.45, 7) is 4.87. The number of nitrogens with zero attached hydrogens (tertiary/aromatic N) is 1. The molecule has 1 aromatic heterocycles. The monoisotopic (exact) mass is 281 g/mol. The lowest BCUT2D eigenvalue weighted by atomic mass is 10.2. The van der Waals surface area contributed by atoms with Crippen LogP contribution in [0.15, 0.2) is 22.8 Å². The number of nitrogens with one attached hydrogen (secondary N) is 2. The minimum absolute atomic E-state index is 0.0473. The standard InChI is InChI=1S/C14H23N3O3/c1-4-8-15-13(18)7-9-16-14(19)17(3)11(2)12-6-5-10-20-12/h5-6,10-11H,4,7-9H2,1-3H3,(H,15,18)(H,16,19). The number of carbonyl (C=O) groups excluding carboxylic acids is 2. The predicted octanol–water partition coefficient (Wildman–Crippen LogP) is 1.90. The van der Waals surface area contributed by atoms with Crippen molar-refractivity contribution in [1.29, 1.82) is 0 Å². The maximum atomic E-state index is 11.9. The van der Waals surface area contributed by atoms with Gasteiger partial charge in [-0.2, -0.15) is 0 Å². The van der Waals surface area contributed by atoms with E-state index in [4.69, 9.17) is 4.42 Å². The number of urea groups is 1. The molecule has 0 saturated carbocycles. The highest BCUT2D eigenvalue weighted by molar-refractivity contribution is 5.78. The second kappa shape index (κ2) is 8.24. The second-order valence-electron chi connectivity index (χ2n) is 4.63. The van der Waals surface area contributed by atoms with E-state index in [1.54, 1.807) is 24.3 Å². The van der Waals surface area contributed by atoms with Gasteiger partial charge in [-0.05, 0) is 25.5 Å². The van der Waals surface area contributed by atoms with Gasteiger partial charge < -0.3 is 20.0 Å². The maximum absolute atomic E-state index is 11.9. The lowest BCUT2D eigenvalue weighted by Gasteiger charge is -2.23. The summed E-state index contributed by atoms with van der Waals surface area (Å²) in [6.07, 6.45) is 2.77. The number of amides is 3. The Morgan fingerprint density at radius 2 is 2.10 bits per heavy atom. The zero-order valence-electron chi connectivity index (χ0n) is 12.3. The van der Waals surface area contributed by atoms with Crippen LogP contribution in [0.2, 0.25) is 0 Å². The van der Waals surface area contributed by atoms with E-state index in [2.05, 4.69) is 10.6 Å². The van der Waals surface area contributed by atoms with Gasteiger partial charge in [-0.25, -0.2) is 4.79 Å². The molecule has 0 spiro atoms. The van der Waals surface area contributed by atoms with Crippen molar-refractivity contribution < 1.29 is 14.0 Å². The summed E-state index contributed by atoms with van der Waals surface area (Å²) in [4.78, 5) is 24.8. The van der Waals surface area contributed by atoms with Crippen molar-refractivity contribution in [3.8, 4) is 0 Å². The third kappa shape index (κ3) is 4.95. The van der Waals surface area contributed by atoms with Crippen LogP contribution in [0.1, 0.15) is 38.5 Å². The Bertz CT molecular complexity index is 417. The second-order valence-corrected chi connectivity index (χ2v) is 4.63. The molecule has 1 heterocycles. The molecule has 6 nitrogen and oxygen atoms in total. The van der Waals surface area contributed by atoms with Crippen LogP contribution in [0.5, 0.6) is 0 Å². The Balaban J connectivity index is 2.30. The molecular formula is C14H23N3O3. The van der Waals surface area contributed by atoms with Gasteiger partial charge in [-0.15, -0.1) is 0 Å². The van der Waals surface area contributed by atoms with E-state index in [1.165, 1.54) is 0 Å². The molecule has 112 valence electrons. The van der Waals surface area contributed by atoms with Gasteiger partial charge in [0.25, 0.3) is 0 Å². The topological polar surface area (TPSA) is 74.6 Å². The van der Waals surface area contributed by atoms with E-state index in [9.17, 15) is 9.59 Å². The van der Waals surface area contributed by atoms with Gasteiger partial charge in [0.15, 0.2) is 0 Å². The Hall–Kier alpha value is -1.98. The highest BCUT2D eigenvalue weighted by Crippen LogP contribution is 2.18. The zero-order valence-corrected chi connectivity index (χ0v) is 12.3. The molecule has 0 saturated heterocycles. The highest BCUT2D eigenvalue weighted by Gasteiger charge is 2.19. The first kappa shape index (κ1) is 16.1. The van der Waals surface area contributed by atoms with Crippen molar-refractivity contribution >= 4 is 11.9 Å². The van der Waals surface area contributed by atoms with Crippen molar-refractivity contribution in [2.24, 2.45) is 0 Å². The van der Waals surface area contributed by atoms with E-state index < -0.39 is 0 Å². The van der Waals surface area contributed by atoms with Gasteiger partial charge in [0, 0.05) is 26.6 Å². The van der Waals surface area contributed by atoms with Gasteiger partial charge in [-0.3, -0.25) is 4.79 Å². The summed E-state index contributed by atoms with van der Waals surface area (Å²) >= 11 is 0. The van der Waals surface area contributed by atoms with Crippen molar-refractivity contribution in [1.82, 2.24) is 15.5 Å². The average molecular weight is 281 g/mol. The molecular weight excluding hydrogens is 258 g/mol. The third-order valence-corrected chi connectivity index (χ3v) is 3.06. The third-order valence-electron chi connectivity index (χ3n) is 3.06. The molecule has 0 aliphatic rings. The minimum atomic E-state index is -0.225. The lowest BCUT2D eigenvalue weighted by Crippen LogP contribution is -2.40. The first-order valence-corrected chi connectivity index (χ1v) is 6.87. The molecule has 0 aliphatic heterocycles. The normalized spacial score (nSPS) is 11.8. The van der Waals surface area contributed by atoms with E-state index in [0.29, 0.717) is 13.1 Å². The van der Waals surface area contributed by atoms with E-state index in [0.717, 1.165) is 12.2 Å². The van der Waals surface area contributed by atoms with Crippen LogP contribution in [-0.4, -0.2) is 37.0 Å². The maximum Gasteiger partial charge on any atom is 0.317 e. The molecule has 0 aromatic carbocycles. The molecule has 0 bridgehead atoms. The van der Waals surface area contributed by atoms with Crippen LogP contribution >= 0.6 is 0 Å². The predicted molar refractivity (Wildman–Crippen MR) is 76.2 cm³/mol. The highest BCUT2D eigenvalue weighted by atomic mass is 16.3. The van der Waals surface area contributed by atoms with Crippen LogP contribution in [0.4, 0.5) is 4.79 Å². The van der Waals surface area contributed by atoms with Crippen molar-refractivity contribution in [2.75, 3.05) is 20.1 Å². The summed E-state index contributed by atoms with van der Waals surface area (Å²) in [5, 5.41) is 5.48. The first-order chi connectivity index (χ1) is 9.56. The molecule has 1 rings (SSSR count). The van der Waals surface area contributed by atoms with Crippen LogP contribution in [0.25, 0.3) is 0 Å². The van der Waals surface area contributed by atoms with Gasteiger partial charge in [0.1, 0.15) is 5.76 Å². The molecule has 0 radical (unpaired) electrons. The molecule has 0 aliphatic carbocycles. The van der Waals surface area contributed by atoms with Crippen molar-refractivity contribution in [2.45, 2.75) is 32.7 Å². The largest absolute Gasteiger partial charge is 0.467 e.